The molecule has 1 rings (SSSR count). The van der Waals surface area contributed by atoms with Crippen LogP contribution in [0.4, 0.5) is 0 Å². The standard InChI is InChI=1S/C7H4Cl3NO2/c8-3-1-4(7(10)12)6(11-13)5(9)2-3/h1-2,4,13H. The van der Waals surface area contributed by atoms with Crippen molar-refractivity contribution in [2.75, 3.05) is 0 Å². The number of allylic oxidation sites excluding steroid dienone is 4. The van der Waals surface area contributed by atoms with E-state index in [2.05, 4.69) is 5.16 Å². The van der Waals surface area contributed by atoms with E-state index < -0.39 is 11.2 Å². The van der Waals surface area contributed by atoms with Crippen LogP contribution in [0, 0.1) is 5.92 Å². The summed E-state index contributed by atoms with van der Waals surface area (Å²) in [5.74, 6) is -0.878. The van der Waals surface area contributed by atoms with Crippen LogP contribution < -0.4 is 0 Å². The van der Waals surface area contributed by atoms with Crippen LogP contribution in [0.1, 0.15) is 0 Å². The summed E-state index contributed by atoms with van der Waals surface area (Å²) in [7, 11) is 0. The van der Waals surface area contributed by atoms with Crippen LogP contribution in [0.2, 0.25) is 0 Å². The third-order valence-corrected chi connectivity index (χ3v) is 2.25. The minimum atomic E-state index is -0.878. The Labute approximate surface area is 89.3 Å². The first-order valence-electron chi connectivity index (χ1n) is 3.22. The van der Waals surface area contributed by atoms with Gasteiger partial charge < -0.3 is 5.21 Å². The summed E-state index contributed by atoms with van der Waals surface area (Å²) in [5, 5.41) is 11.1. The highest BCUT2D eigenvalue weighted by Gasteiger charge is 2.27. The minimum Gasteiger partial charge on any atom is -0.411 e. The van der Waals surface area contributed by atoms with Crippen LogP contribution >= 0.6 is 34.8 Å². The Morgan fingerprint density at radius 2 is 2.15 bits per heavy atom. The first kappa shape index (κ1) is 10.6. The first-order chi connectivity index (χ1) is 6.06. The van der Waals surface area contributed by atoms with Gasteiger partial charge in [0.2, 0.25) is 5.24 Å². The summed E-state index contributed by atoms with van der Waals surface area (Å²) in [4.78, 5) is 10.8. The van der Waals surface area contributed by atoms with Crippen LogP contribution in [-0.4, -0.2) is 16.2 Å². The lowest BCUT2D eigenvalue weighted by atomic mass is 10.00. The van der Waals surface area contributed by atoms with Crippen LogP contribution in [0.5, 0.6) is 0 Å². The third-order valence-electron chi connectivity index (χ3n) is 1.48. The SMILES string of the molecule is O=C(Cl)C1C=C(Cl)C=C(Cl)C1=NO. The molecule has 0 radical (unpaired) electrons. The normalized spacial score (nSPS) is 25.5. The molecular weight excluding hydrogens is 236 g/mol. The van der Waals surface area contributed by atoms with Gasteiger partial charge in [-0.1, -0.05) is 28.4 Å². The number of carbonyl (C=O) groups excluding carboxylic acids is 1. The Hall–Kier alpha value is -0.510. The summed E-state index contributed by atoms with van der Waals surface area (Å²) >= 11 is 16.5. The molecule has 0 aromatic rings. The van der Waals surface area contributed by atoms with Crippen molar-refractivity contribution in [3.8, 4) is 0 Å². The van der Waals surface area contributed by atoms with Crippen molar-refractivity contribution in [3.63, 3.8) is 0 Å². The second kappa shape index (κ2) is 4.13. The maximum absolute atomic E-state index is 10.8. The monoisotopic (exact) mass is 239 g/mol. The fourth-order valence-corrected chi connectivity index (χ4v) is 1.64. The Kier molecular flexibility index (Phi) is 3.36. The lowest BCUT2D eigenvalue weighted by molar-refractivity contribution is -0.112. The number of hydrogen-bond acceptors (Lipinski definition) is 3. The van der Waals surface area contributed by atoms with E-state index in [0.717, 1.165) is 0 Å². The van der Waals surface area contributed by atoms with E-state index in [1.807, 2.05) is 0 Å². The minimum absolute atomic E-state index is 0.00562. The molecule has 0 spiro atoms. The van der Waals surface area contributed by atoms with Crippen LogP contribution in [0.15, 0.2) is 27.4 Å². The van der Waals surface area contributed by atoms with E-state index in [1.54, 1.807) is 0 Å². The van der Waals surface area contributed by atoms with Crippen molar-refractivity contribution in [3.05, 3.63) is 22.2 Å². The van der Waals surface area contributed by atoms with Gasteiger partial charge in [-0.3, -0.25) is 4.79 Å². The van der Waals surface area contributed by atoms with Gasteiger partial charge >= 0.3 is 0 Å². The van der Waals surface area contributed by atoms with Gasteiger partial charge in [0.25, 0.3) is 0 Å². The maximum Gasteiger partial charge on any atom is 0.234 e. The van der Waals surface area contributed by atoms with Crippen LogP contribution in [-0.2, 0) is 4.79 Å². The van der Waals surface area contributed by atoms with E-state index in [1.165, 1.54) is 12.2 Å². The number of rotatable bonds is 1. The van der Waals surface area contributed by atoms with Gasteiger partial charge in [0.15, 0.2) is 0 Å². The molecule has 0 saturated carbocycles. The molecule has 0 saturated heterocycles. The average Bonchev–Trinajstić information content (AvgIpc) is 2.02. The molecule has 0 aromatic carbocycles. The van der Waals surface area contributed by atoms with E-state index in [-0.39, 0.29) is 15.8 Å². The largest absolute Gasteiger partial charge is 0.411 e. The average molecular weight is 240 g/mol. The molecule has 0 aliphatic heterocycles. The highest BCUT2D eigenvalue weighted by molar-refractivity contribution is 6.67. The maximum atomic E-state index is 10.8. The zero-order valence-electron chi connectivity index (χ0n) is 6.17. The molecule has 0 bridgehead atoms. The highest BCUT2D eigenvalue weighted by atomic mass is 35.5. The number of oxime groups is 1. The second-order valence-corrected chi connectivity index (χ2v) is 3.53. The first-order valence-corrected chi connectivity index (χ1v) is 4.36. The lowest BCUT2D eigenvalue weighted by Crippen LogP contribution is -2.21. The zero-order chi connectivity index (χ0) is 10.0. The molecule has 1 aliphatic rings. The Morgan fingerprint density at radius 1 is 1.54 bits per heavy atom. The second-order valence-electron chi connectivity index (χ2n) is 2.31. The van der Waals surface area contributed by atoms with Gasteiger partial charge in [0.05, 0.1) is 5.03 Å². The van der Waals surface area contributed by atoms with E-state index >= 15 is 0 Å². The molecule has 0 heterocycles. The van der Waals surface area contributed by atoms with Gasteiger partial charge in [-0.25, -0.2) is 0 Å². The van der Waals surface area contributed by atoms with Crippen molar-refractivity contribution in [2.45, 2.75) is 0 Å². The van der Waals surface area contributed by atoms with Gasteiger partial charge in [-0.2, -0.15) is 0 Å². The van der Waals surface area contributed by atoms with Gasteiger partial charge in [-0.05, 0) is 23.8 Å². The fraction of sp³-hybridized carbons (Fsp3) is 0.143. The number of hydrogen-bond donors (Lipinski definition) is 1. The molecule has 0 amide bonds. The Balaban J connectivity index is 3.11. The topological polar surface area (TPSA) is 49.7 Å². The third kappa shape index (κ3) is 2.24. The van der Waals surface area contributed by atoms with Gasteiger partial charge in [-0.15, -0.1) is 0 Å². The van der Waals surface area contributed by atoms with E-state index in [0.29, 0.717) is 0 Å². The van der Waals surface area contributed by atoms with Crippen LogP contribution in [0.25, 0.3) is 0 Å². The summed E-state index contributed by atoms with van der Waals surface area (Å²) in [5.41, 5.74) is 0.00562. The lowest BCUT2D eigenvalue weighted by Gasteiger charge is -2.13. The highest BCUT2D eigenvalue weighted by Crippen LogP contribution is 2.26. The molecule has 6 heteroatoms. The van der Waals surface area contributed by atoms with Crippen LogP contribution in [0.3, 0.4) is 0 Å². The number of nitrogens with zero attached hydrogens (tertiary/aromatic N) is 1. The predicted molar refractivity (Wildman–Crippen MR) is 51.4 cm³/mol. The van der Waals surface area contributed by atoms with E-state index in [4.69, 9.17) is 40.0 Å². The summed E-state index contributed by atoms with van der Waals surface area (Å²) < 4.78 is 0. The molecule has 1 aliphatic carbocycles. The number of halogens is 3. The molecule has 1 unspecified atom stereocenters. The molecule has 1 N–H and O–H groups in total. The summed E-state index contributed by atoms with van der Waals surface area (Å²) in [6.45, 7) is 0. The Bertz CT molecular complexity index is 333. The van der Waals surface area contributed by atoms with E-state index in [9.17, 15) is 4.79 Å². The molecule has 0 aromatic heterocycles. The van der Waals surface area contributed by atoms with Gasteiger partial charge in [0.1, 0.15) is 11.6 Å². The summed E-state index contributed by atoms with van der Waals surface area (Å²) in [6, 6.07) is 0. The quantitative estimate of drug-likeness (QED) is 0.435. The molecule has 0 fully saturated rings. The predicted octanol–water partition coefficient (Wildman–Crippen LogP) is 2.46. The smallest absolute Gasteiger partial charge is 0.234 e. The zero-order valence-corrected chi connectivity index (χ0v) is 8.44. The fourth-order valence-electron chi connectivity index (χ4n) is 0.913. The molecule has 70 valence electrons. The summed E-state index contributed by atoms with van der Waals surface area (Å²) in [6.07, 6.45) is 2.73. The molecule has 3 nitrogen and oxygen atoms in total. The number of carbonyl (C=O) groups is 1. The van der Waals surface area contributed by atoms with Crippen molar-refractivity contribution in [2.24, 2.45) is 11.1 Å². The van der Waals surface area contributed by atoms with Crippen molar-refractivity contribution in [1.82, 2.24) is 0 Å². The molecular formula is C7H4Cl3NO2. The van der Waals surface area contributed by atoms with Gasteiger partial charge in [0, 0.05) is 5.03 Å². The molecule has 1 atom stereocenters. The molecule has 13 heavy (non-hydrogen) atoms. The van der Waals surface area contributed by atoms with Crippen molar-refractivity contribution < 1.29 is 10.0 Å². The Morgan fingerprint density at radius 3 is 2.62 bits per heavy atom. The van der Waals surface area contributed by atoms with Crippen molar-refractivity contribution in [1.29, 1.82) is 0 Å². The van der Waals surface area contributed by atoms with Crippen molar-refractivity contribution >= 4 is 45.8 Å².